The molecule has 314 valence electrons. The van der Waals surface area contributed by atoms with Crippen molar-refractivity contribution < 1.29 is 43.4 Å². The van der Waals surface area contributed by atoms with Gasteiger partial charge < -0.3 is 41.7 Å². The minimum absolute atomic E-state index is 0.0201. The first-order valence-electron chi connectivity index (χ1n) is 20.7. The molecule has 4 unspecified atom stereocenters. The van der Waals surface area contributed by atoms with E-state index in [1.54, 1.807) is 24.3 Å². The van der Waals surface area contributed by atoms with Crippen molar-refractivity contribution in [3.05, 3.63) is 48.0 Å². The Bertz CT molecular complexity index is 1560. The third kappa shape index (κ3) is 14.2. The number of aliphatic carboxylic acids is 1. The summed E-state index contributed by atoms with van der Waals surface area (Å²) >= 11 is 0. The van der Waals surface area contributed by atoms with Crippen LogP contribution in [-0.2, 0) is 40.1 Å². The van der Waals surface area contributed by atoms with Gasteiger partial charge in [0, 0.05) is 12.6 Å². The minimum Gasteiger partial charge on any atom is -0.478 e. The van der Waals surface area contributed by atoms with Crippen molar-refractivity contribution in [2.45, 2.75) is 147 Å². The van der Waals surface area contributed by atoms with Gasteiger partial charge in [-0.1, -0.05) is 88.8 Å². The molecule has 0 radical (unpaired) electrons. The van der Waals surface area contributed by atoms with Crippen molar-refractivity contribution in [2.75, 3.05) is 6.54 Å². The Morgan fingerprint density at radius 3 is 1.98 bits per heavy atom. The molecule has 2 saturated carbocycles. The normalized spacial score (nSPS) is 19.9. The molecule has 57 heavy (non-hydrogen) atoms. The number of allylic oxidation sites excluding steroid dienone is 1. The molecule has 5 atom stereocenters. The molecule has 1 aliphatic heterocycles. The SMILES string of the molecule is CC(C)CC(NC(=O)[C@@H]1CCCN1C(=O)C(NC(=O)C(CCC=CC(=O)O)NC(=O)OCc1ccccc1)C1CCCCC1)C(=O)NC(C(N)=O)C1CCCCC1. The number of primary amides is 1. The number of nitrogens with zero attached hydrogens (tertiary/aromatic N) is 1. The molecule has 4 rings (SSSR count). The van der Waals surface area contributed by atoms with Gasteiger partial charge in [-0.05, 0) is 81.1 Å². The summed E-state index contributed by atoms with van der Waals surface area (Å²) in [5, 5.41) is 20.3. The highest BCUT2D eigenvalue weighted by Gasteiger charge is 2.42. The van der Waals surface area contributed by atoms with Crippen LogP contribution >= 0.6 is 0 Å². The summed E-state index contributed by atoms with van der Waals surface area (Å²) in [5.74, 6) is -4.05. The highest BCUT2D eigenvalue weighted by atomic mass is 16.5. The molecule has 1 saturated heterocycles. The molecule has 6 amide bonds. The Morgan fingerprint density at radius 2 is 1.39 bits per heavy atom. The van der Waals surface area contributed by atoms with E-state index in [-0.39, 0.29) is 43.7 Å². The first-order chi connectivity index (χ1) is 27.3. The smallest absolute Gasteiger partial charge is 0.408 e. The lowest BCUT2D eigenvalue weighted by Crippen LogP contribution is -2.60. The van der Waals surface area contributed by atoms with Crippen molar-refractivity contribution in [2.24, 2.45) is 23.5 Å². The Balaban J connectivity index is 1.49. The minimum atomic E-state index is -1.16. The maximum absolute atomic E-state index is 14.5. The predicted molar refractivity (Wildman–Crippen MR) is 212 cm³/mol. The van der Waals surface area contributed by atoms with Gasteiger partial charge in [-0.2, -0.15) is 0 Å². The fourth-order valence-corrected chi connectivity index (χ4v) is 8.32. The number of likely N-dealkylation sites (tertiary alicyclic amines) is 1. The maximum Gasteiger partial charge on any atom is 0.408 e. The fraction of sp³-hybridized carbons (Fsp3) is 0.643. The van der Waals surface area contributed by atoms with Crippen LogP contribution in [-0.4, -0.2) is 88.4 Å². The number of carbonyl (C=O) groups is 7. The summed E-state index contributed by atoms with van der Waals surface area (Å²) in [6.45, 7) is 4.09. The number of rotatable bonds is 19. The lowest BCUT2D eigenvalue weighted by atomic mass is 9.83. The molecule has 0 aromatic heterocycles. The zero-order chi connectivity index (χ0) is 41.3. The van der Waals surface area contributed by atoms with Crippen molar-refractivity contribution in [1.82, 2.24) is 26.2 Å². The second-order valence-electron chi connectivity index (χ2n) is 16.1. The van der Waals surface area contributed by atoms with Gasteiger partial charge in [-0.25, -0.2) is 9.59 Å². The molecule has 3 aliphatic rings. The van der Waals surface area contributed by atoms with Crippen molar-refractivity contribution >= 4 is 41.6 Å². The zero-order valence-corrected chi connectivity index (χ0v) is 33.4. The molecular formula is C42H62N6O9. The second kappa shape index (κ2) is 22.7. The van der Waals surface area contributed by atoms with E-state index in [4.69, 9.17) is 15.6 Å². The fourth-order valence-electron chi connectivity index (χ4n) is 8.32. The summed E-state index contributed by atoms with van der Waals surface area (Å²) in [4.78, 5) is 94.2. The van der Waals surface area contributed by atoms with Gasteiger partial charge >= 0.3 is 12.1 Å². The second-order valence-corrected chi connectivity index (χ2v) is 16.1. The number of hydrogen-bond donors (Lipinski definition) is 6. The Hall–Kier alpha value is -4.95. The van der Waals surface area contributed by atoms with E-state index < -0.39 is 71.8 Å². The molecule has 0 bridgehead atoms. The van der Waals surface area contributed by atoms with Crippen molar-refractivity contribution in [3.63, 3.8) is 0 Å². The van der Waals surface area contributed by atoms with E-state index in [1.165, 1.54) is 11.0 Å². The third-order valence-electron chi connectivity index (χ3n) is 11.3. The average Bonchev–Trinajstić information content (AvgIpc) is 3.70. The molecular weight excluding hydrogens is 732 g/mol. The topological polar surface area (TPSA) is 226 Å². The highest BCUT2D eigenvalue weighted by molar-refractivity contribution is 5.96. The highest BCUT2D eigenvalue weighted by Crippen LogP contribution is 2.30. The van der Waals surface area contributed by atoms with Gasteiger partial charge in [-0.3, -0.25) is 24.0 Å². The summed E-state index contributed by atoms with van der Waals surface area (Å²) in [6.07, 6.45) is 11.5. The van der Waals surface area contributed by atoms with Gasteiger partial charge in [0.25, 0.3) is 0 Å². The number of benzene rings is 1. The molecule has 3 fully saturated rings. The third-order valence-corrected chi connectivity index (χ3v) is 11.3. The predicted octanol–water partition coefficient (Wildman–Crippen LogP) is 3.84. The van der Waals surface area contributed by atoms with Crippen LogP contribution in [0.1, 0.15) is 116 Å². The van der Waals surface area contributed by atoms with Gasteiger partial charge in [0.05, 0.1) is 0 Å². The quantitative estimate of drug-likeness (QED) is 0.112. The van der Waals surface area contributed by atoms with Crippen molar-refractivity contribution in [3.8, 4) is 0 Å². The molecule has 1 aromatic rings. The van der Waals surface area contributed by atoms with Crippen LogP contribution in [0.25, 0.3) is 0 Å². The van der Waals surface area contributed by atoms with Crippen LogP contribution in [0.5, 0.6) is 0 Å². The lowest BCUT2D eigenvalue weighted by Gasteiger charge is -2.35. The molecule has 1 aromatic carbocycles. The number of amides is 6. The molecule has 7 N–H and O–H groups in total. The monoisotopic (exact) mass is 794 g/mol. The standard InChI is InChI=1S/C42H62N6O9/c1-27(2)25-32(39(53)46-35(37(43)51)29-17-8-4-9-18-29)44-40(54)33-22-14-24-48(33)41(55)36(30-19-10-5-11-20-30)47-38(52)31(21-12-13-23-34(49)50)45-42(56)57-26-28-15-6-3-7-16-28/h3,6-7,13,15-16,23,27,29-33,35-36H,4-5,8-12,14,17-22,24-26H2,1-2H3,(H2,43,51)(H,44,54)(H,45,56)(H,46,53)(H,47,52)(H,49,50)/t31?,32?,33-,35?,36?/m0/s1. The van der Waals surface area contributed by atoms with Crippen LogP contribution in [0.15, 0.2) is 42.5 Å². The zero-order valence-electron chi connectivity index (χ0n) is 33.4. The number of carboxylic acid groups (broad SMARTS) is 1. The summed E-state index contributed by atoms with van der Waals surface area (Å²) in [6, 6.07) is 4.17. The molecule has 2 aliphatic carbocycles. The van der Waals surface area contributed by atoms with Gasteiger partial charge in [-0.15, -0.1) is 0 Å². The van der Waals surface area contributed by atoms with Crippen LogP contribution in [0.2, 0.25) is 0 Å². The Labute approximate surface area is 335 Å². The van der Waals surface area contributed by atoms with E-state index >= 15 is 0 Å². The number of carbonyl (C=O) groups excluding carboxylic acids is 6. The van der Waals surface area contributed by atoms with E-state index in [0.29, 0.717) is 32.1 Å². The average molecular weight is 795 g/mol. The van der Waals surface area contributed by atoms with Crippen molar-refractivity contribution in [1.29, 1.82) is 0 Å². The number of carboxylic acids is 1. The molecule has 15 heteroatoms. The van der Waals surface area contributed by atoms with Crippen LogP contribution < -0.4 is 27.0 Å². The Morgan fingerprint density at radius 1 is 0.789 bits per heavy atom. The van der Waals surface area contributed by atoms with Crippen LogP contribution in [0.3, 0.4) is 0 Å². The van der Waals surface area contributed by atoms with E-state index in [2.05, 4.69) is 21.3 Å². The summed E-state index contributed by atoms with van der Waals surface area (Å²) < 4.78 is 5.37. The van der Waals surface area contributed by atoms with Gasteiger partial charge in [0.15, 0.2) is 0 Å². The number of alkyl carbamates (subject to hydrolysis) is 1. The number of hydrogen-bond acceptors (Lipinski definition) is 8. The van der Waals surface area contributed by atoms with E-state index in [0.717, 1.165) is 63.0 Å². The van der Waals surface area contributed by atoms with Crippen LogP contribution in [0, 0.1) is 17.8 Å². The summed E-state index contributed by atoms with van der Waals surface area (Å²) in [7, 11) is 0. The maximum atomic E-state index is 14.5. The first kappa shape index (κ1) is 44.8. The van der Waals surface area contributed by atoms with E-state index in [9.17, 15) is 33.6 Å². The number of nitrogens with two attached hydrogens (primary N) is 1. The number of nitrogens with one attached hydrogen (secondary N) is 4. The van der Waals surface area contributed by atoms with E-state index in [1.807, 2.05) is 19.9 Å². The Kier molecular flexibility index (Phi) is 17.8. The van der Waals surface area contributed by atoms with Gasteiger partial charge in [0.1, 0.15) is 36.8 Å². The molecule has 15 nitrogen and oxygen atoms in total. The van der Waals surface area contributed by atoms with Gasteiger partial charge in [0.2, 0.25) is 29.5 Å². The number of ether oxygens (including phenoxy) is 1. The molecule has 0 spiro atoms. The first-order valence-corrected chi connectivity index (χ1v) is 20.7. The van der Waals surface area contributed by atoms with Crippen LogP contribution in [0.4, 0.5) is 4.79 Å². The largest absolute Gasteiger partial charge is 0.478 e. The lowest BCUT2D eigenvalue weighted by molar-refractivity contribution is -0.144. The summed E-state index contributed by atoms with van der Waals surface area (Å²) in [5.41, 5.74) is 6.49. The molecule has 1 heterocycles.